The van der Waals surface area contributed by atoms with Crippen molar-refractivity contribution >= 4 is 18.4 Å². The van der Waals surface area contributed by atoms with E-state index >= 15 is 0 Å². The van der Waals surface area contributed by atoms with E-state index in [9.17, 15) is 18.0 Å². The highest BCUT2D eigenvalue weighted by molar-refractivity contribution is 5.85. The highest BCUT2D eigenvalue weighted by Crippen LogP contribution is 2.22. The van der Waals surface area contributed by atoms with Gasteiger partial charge in [-0.05, 0) is 43.6 Å². The van der Waals surface area contributed by atoms with Crippen molar-refractivity contribution in [2.75, 3.05) is 19.7 Å². The summed E-state index contributed by atoms with van der Waals surface area (Å²) in [6, 6.07) is 6.57. The van der Waals surface area contributed by atoms with Gasteiger partial charge in [-0.25, -0.2) is 0 Å². The van der Waals surface area contributed by atoms with Crippen molar-refractivity contribution in [1.29, 1.82) is 0 Å². The van der Waals surface area contributed by atoms with Gasteiger partial charge in [-0.1, -0.05) is 12.1 Å². The lowest BCUT2D eigenvalue weighted by Crippen LogP contribution is -2.35. The van der Waals surface area contributed by atoms with Crippen LogP contribution >= 0.6 is 12.4 Å². The van der Waals surface area contributed by atoms with Crippen LogP contribution in [0.1, 0.15) is 18.4 Å². The maximum Gasteiger partial charge on any atom is 0.422 e. The minimum Gasteiger partial charge on any atom is -0.484 e. The summed E-state index contributed by atoms with van der Waals surface area (Å²) in [5.74, 6) is -0.866. The molecule has 1 aliphatic heterocycles. The van der Waals surface area contributed by atoms with Crippen LogP contribution in [0.25, 0.3) is 0 Å². The van der Waals surface area contributed by atoms with Gasteiger partial charge in [0.25, 0.3) is 0 Å². The number of carboxylic acids is 1. The summed E-state index contributed by atoms with van der Waals surface area (Å²) in [5, 5.41) is 8.95. The molecule has 1 aromatic rings. The van der Waals surface area contributed by atoms with Crippen LogP contribution in [0, 0.1) is 5.92 Å². The van der Waals surface area contributed by atoms with Gasteiger partial charge < -0.3 is 9.84 Å². The SMILES string of the molecule is Cl.O=C(O)C1CCN(Cc2cccc(OCC(F)(F)F)c2)CC1. The zero-order valence-corrected chi connectivity index (χ0v) is 13.2. The second-order valence-electron chi connectivity index (χ2n) is 5.44. The van der Waals surface area contributed by atoms with Crippen molar-refractivity contribution in [3.63, 3.8) is 0 Å². The van der Waals surface area contributed by atoms with Crippen molar-refractivity contribution in [2.24, 2.45) is 5.92 Å². The van der Waals surface area contributed by atoms with E-state index in [0.29, 0.717) is 32.5 Å². The quantitative estimate of drug-likeness (QED) is 0.882. The molecule has 130 valence electrons. The number of alkyl halides is 3. The van der Waals surface area contributed by atoms with Gasteiger partial charge in [-0.3, -0.25) is 9.69 Å². The minimum atomic E-state index is -4.35. The predicted molar refractivity (Wildman–Crippen MR) is 80.9 cm³/mol. The van der Waals surface area contributed by atoms with Crippen LogP contribution in [0.5, 0.6) is 5.75 Å². The molecular formula is C15H19ClF3NO3. The third-order valence-electron chi connectivity index (χ3n) is 3.64. The van der Waals surface area contributed by atoms with Crippen LogP contribution in [0.4, 0.5) is 13.2 Å². The van der Waals surface area contributed by atoms with E-state index in [1.165, 1.54) is 6.07 Å². The lowest BCUT2D eigenvalue weighted by Gasteiger charge is -2.30. The molecule has 1 saturated heterocycles. The number of ether oxygens (including phenoxy) is 1. The first-order chi connectivity index (χ1) is 10.3. The van der Waals surface area contributed by atoms with Crippen LogP contribution in [-0.2, 0) is 11.3 Å². The molecule has 0 atom stereocenters. The first-order valence-corrected chi connectivity index (χ1v) is 7.07. The number of benzene rings is 1. The van der Waals surface area contributed by atoms with Gasteiger partial charge in [0, 0.05) is 6.54 Å². The summed E-state index contributed by atoms with van der Waals surface area (Å²) in [7, 11) is 0. The third kappa shape index (κ3) is 6.66. The number of halogens is 4. The first kappa shape index (κ1) is 19.6. The molecule has 1 fully saturated rings. The van der Waals surface area contributed by atoms with Gasteiger partial charge in [0.1, 0.15) is 5.75 Å². The van der Waals surface area contributed by atoms with E-state index in [4.69, 9.17) is 9.84 Å². The number of nitrogens with zero attached hydrogens (tertiary/aromatic N) is 1. The van der Waals surface area contributed by atoms with E-state index < -0.39 is 18.8 Å². The van der Waals surface area contributed by atoms with Gasteiger partial charge in [-0.15, -0.1) is 12.4 Å². The van der Waals surface area contributed by atoms with Crippen LogP contribution in [0.2, 0.25) is 0 Å². The molecule has 1 heterocycles. The largest absolute Gasteiger partial charge is 0.484 e. The second kappa shape index (κ2) is 8.40. The Bertz CT molecular complexity index is 517. The number of piperidine rings is 1. The van der Waals surface area contributed by atoms with Crippen LogP contribution < -0.4 is 4.74 Å². The molecular weight excluding hydrogens is 335 g/mol. The summed E-state index contributed by atoms with van der Waals surface area (Å²) in [6.45, 7) is 0.616. The Balaban J connectivity index is 0.00000264. The van der Waals surface area contributed by atoms with Crippen LogP contribution in [-0.4, -0.2) is 41.8 Å². The monoisotopic (exact) mass is 353 g/mol. The molecule has 0 bridgehead atoms. The molecule has 0 aromatic heterocycles. The van der Waals surface area contributed by atoms with Gasteiger partial charge in [0.2, 0.25) is 0 Å². The normalized spacial score (nSPS) is 16.7. The van der Waals surface area contributed by atoms with E-state index in [-0.39, 0.29) is 24.1 Å². The summed E-state index contributed by atoms with van der Waals surface area (Å²) >= 11 is 0. The standard InChI is InChI=1S/C15H18F3NO3.ClH/c16-15(17,18)10-22-13-3-1-2-11(8-13)9-19-6-4-12(5-7-19)14(20)21;/h1-3,8,12H,4-7,9-10H2,(H,20,21);1H. The van der Waals surface area contributed by atoms with Gasteiger partial charge in [-0.2, -0.15) is 13.2 Å². The molecule has 4 nitrogen and oxygen atoms in total. The fourth-order valence-electron chi connectivity index (χ4n) is 2.50. The summed E-state index contributed by atoms with van der Waals surface area (Å²) in [4.78, 5) is 13.0. The zero-order chi connectivity index (χ0) is 16.2. The molecule has 0 unspecified atom stereocenters. The Morgan fingerprint density at radius 2 is 1.96 bits per heavy atom. The maximum absolute atomic E-state index is 12.1. The Morgan fingerprint density at radius 3 is 2.52 bits per heavy atom. The molecule has 0 saturated carbocycles. The fourth-order valence-corrected chi connectivity index (χ4v) is 2.50. The molecule has 0 aliphatic carbocycles. The Hall–Kier alpha value is -1.47. The van der Waals surface area contributed by atoms with Crippen molar-refractivity contribution < 1.29 is 27.8 Å². The fraction of sp³-hybridized carbons (Fsp3) is 0.533. The average Bonchev–Trinajstić information content (AvgIpc) is 2.45. The lowest BCUT2D eigenvalue weighted by atomic mass is 9.97. The summed E-state index contributed by atoms with van der Waals surface area (Å²) in [5.41, 5.74) is 0.855. The lowest BCUT2D eigenvalue weighted by molar-refractivity contribution is -0.153. The van der Waals surface area contributed by atoms with Crippen molar-refractivity contribution in [3.8, 4) is 5.75 Å². The smallest absolute Gasteiger partial charge is 0.422 e. The van der Waals surface area contributed by atoms with Crippen LogP contribution in [0.3, 0.4) is 0 Å². The highest BCUT2D eigenvalue weighted by atomic mass is 35.5. The van der Waals surface area contributed by atoms with Gasteiger partial charge in [0.05, 0.1) is 5.92 Å². The molecule has 1 N–H and O–H groups in total. The summed E-state index contributed by atoms with van der Waals surface area (Å²) < 4.78 is 41.1. The number of likely N-dealkylation sites (tertiary alicyclic amines) is 1. The zero-order valence-electron chi connectivity index (χ0n) is 12.4. The topological polar surface area (TPSA) is 49.8 Å². The predicted octanol–water partition coefficient (Wildman–Crippen LogP) is 3.35. The average molecular weight is 354 g/mol. The van der Waals surface area contributed by atoms with Gasteiger partial charge in [0.15, 0.2) is 6.61 Å². The van der Waals surface area contributed by atoms with E-state index in [2.05, 4.69) is 4.90 Å². The number of carboxylic acid groups (broad SMARTS) is 1. The van der Waals surface area contributed by atoms with E-state index in [0.717, 1.165) is 5.56 Å². The molecule has 0 amide bonds. The molecule has 2 rings (SSSR count). The number of aliphatic carboxylic acids is 1. The molecule has 1 aliphatic rings. The van der Waals surface area contributed by atoms with Gasteiger partial charge >= 0.3 is 12.1 Å². The highest BCUT2D eigenvalue weighted by Gasteiger charge is 2.28. The molecule has 1 aromatic carbocycles. The third-order valence-corrected chi connectivity index (χ3v) is 3.64. The van der Waals surface area contributed by atoms with E-state index in [1.807, 2.05) is 6.07 Å². The summed E-state index contributed by atoms with van der Waals surface area (Å²) in [6.07, 6.45) is -3.16. The van der Waals surface area contributed by atoms with Crippen molar-refractivity contribution in [3.05, 3.63) is 29.8 Å². The second-order valence-corrected chi connectivity index (χ2v) is 5.44. The molecule has 0 radical (unpaired) electrons. The number of rotatable bonds is 5. The Labute approximate surface area is 138 Å². The van der Waals surface area contributed by atoms with Crippen molar-refractivity contribution in [1.82, 2.24) is 4.90 Å². The molecule has 0 spiro atoms. The first-order valence-electron chi connectivity index (χ1n) is 7.07. The maximum atomic E-state index is 12.1. The number of carbonyl (C=O) groups is 1. The molecule has 8 heteroatoms. The van der Waals surface area contributed by atoms with E-state index in [1.54, 1.807) is 12.1 Å². The molecule has 23 heavy (non-hydrogen) atoms. The van der Waals surface area contributed by atoms with Crippen molar-refractivity contribution in [2.45, 2.75) is 25.6 Å². The number of hydrogen-bond acceptors (Lipinski definition) is 3. The Morgan fingerprint density at radius 1 is 1.30 bits per heavy atom. The van der Waals surface area contributed by atoms with Crippen LogP contribution in [0.15, 0.2) is 24.3 Å². The Kier molecular flexibility index (Phi) is 7.15. The minimum absolute atomic E-state index is 0. The number of hydrogen-bond donors (Lipinski definition) is 1.